The third kappa shape index (κ3) is 3.78. The SMILES string of the molecule is C[C@@H](CO)NC(=O)c1ccccc1C(=O)c1ccc(F)c(F)c1. The number of amides is 1. The van der Waals surface area contributed by atoms with Crippen LogP contribution < -0.4 is 5.32 Å². The van der Waals surface area contributed by atoms with Gasteiger partial charge < -0.3 is 10.4 Å². The molecule has 0 saturated carbocycles. The van der Waals surface area contributed by atoms with Gasteiger partial charge in [-0.15, -0.1) is 0 Å². The van der Waals surface area contributed by atoms with Gasteiger partial charge in [-0.05, 0) is 31.2 Å². The summed E-state index contributed by atoms with van der Waals surface area (Å²) in [5, 5.41) is 11.5. The molecule has 0 aliphatic carbocycles. The Kier molecular flexibility index (Phi) is 5.18. The van der Waals surface area contributed by atoms with Gasteiger partial charge in [-0.25, -0.2) is 8.78 Å². The highest BCUT2D eigenvalue weighted by Gasteiger charge is 2.19. The van der Waals surface area contributed by atoms with Crippen molar-refractivity contribution in [1.29, 1.82) is 0 Å². The first-order valence-electron chi connectivity index (χ1n) is 6.94. The molecule has 1 atom stereocenters. The zero-order valence-corrected chi connectivity index (χ0v) is 12.3. The molecule has 0 aliphatic heterocycles. The first-order valence-corrected chi connectivity index (χ1v) is 6.94. The Labute approximate surface area is 131 Å². The topological polar surface area (TPSA) is 66.4 Å². The summed E-state index contributed by atoms with van der Waals surface area (Å²) < 4.78 is 26.3. The average Bonchev–Trinajstić information content (AvgIpc) is 2.56. The molecule has 0 aliphatic rings. The molecule has 2 aromatic carbocycles. The fourth-order valence-corrected chi connectivity index (χ4v) is 2.02. The molecule has 2 aromatic rings. The van der Waals surface area contributed by atoms with E-state index < -0.39 is 29.4 Å². The van der Waals surface area contributed by atoms with E-state index in [9.17, 15) is 18.4 Å². The molecule has 0 aromatic heterocycles. The van der Waals surface area contributed by atoms with E-state index in [1.165, 1.54) is 12.1 Å². The molecule has 0 spiro atoms. The average molecular weight is 319 g/mol. The van der Waals surface area contributed by atoms with Crippen molar-refractivity contribution in [2.45, 2.75) is 13.0 Å². The van der Waals surface area contributed by atoms with Crippen molar-refractivity contribution in [3.63, 3.8) is 0 Å². The lowest BCUT2D eigenvalue weighted by atomic mass is 9.97. The van der Waals surface area contributed by atoms with Crippen LogP contribution in [0.25, 0.3) is 0 Å². The molecule has 120 valence electrons. The standard InChI is InChI=1S/C17H15F2NO3/c1-10(9-21)20-17(23)13-5-3-2-4-12(13)16(22)11-6-7-14(18)15(19)8-11/h2-8,10,21H,9H2,1H3,(H,20,23)/t10-/m0/s1. The van der Waals surface area contributed by atoms with Crippen LogP contribution in [0.4, 0.5) is 8.78 Å². The fraction of sp³-hybridized carbons (Fsp3) is 0.176. The third-order valence-corrected chi connectivity index (χ3v) is 3.25. The lowest BCUT2D eigenvalue weighted by Crippen LogP contribution is -2.35. The second-order valence-corrected chi connectivity index (χ2v) is 5.06. The summed E-state index contributed by atoms with van der Waals surface area (Å²) in [6.07, 6.45) is 0. The molecule has 0 heterocycles. The summed E-state index contributed by atoms with van der Waals surface area (Å²) in [5.41, 5.74) is 0.114. The van der Waals surface area contributed by atoms with Crippen molar-refractivity contribution in [1.82, 2.24) is 5.32 Å². The fourth-order valence-electron chi connectivity index (χ4n) is 2.02. The Morgan fingerprint density at radius 2 is 1.74 bits per heavy atom. The highest BCUT2D eigenvalue weighted by atomic mass is 19.2. The van der Waals surface area contributed by atoms with Crippen LogP contribution in [0.15, 0.2) is 42.5 Å². The van der Waals surface area contributed by atoms with Gasteiger partial charge in [0.25, 0.3) is 5.91 Å². The normalized spacial score (nSPS) is 11.8. The lowest BCUT2D eigenvalue weighted by molar-refractivity contribution is 0.0913. The minimum absolute atomic E-state index is 0.0562. The number of rotatable bonds is 5. The lowest BCUT2D eigenvalue weighted by Gasteiger charge is -2.13. The van der Waals surface area contributed by atoms with Crippen molar-refractivity contribution in [2.24, 2.45) is 0 Å². The Morgan fingerprint density at radius 1 is 1.09 bits per heavy atom. The molecule has 23 heavy (non-hydrogen) atoms. The number of carbonyl (C=O) groups excluding carboxylic acids is 2. The molecule has 1 amide bonds. The Morgan fingerprint density at radius 3 is 2.35 bits per heavy atom. The molecule has 0 bridgehead atoms. The minimum Gasteiger partial charge on any atom is -0.394 e. The Bertz CT molecular complexity index is 746. The van der Waals surface area contributed by atoms with Crippen LogP contribution in [-0.2, 0) is 0 Å². The molecule has 4 nitrogen and oxygen atoms in total. The van der Waals surface area contributed by atoms with E-state index in [4.69, 9.17) is 5.11 Å². The van der Waals surface area contributed by atoms with Crippen LogP contribution in [0.3, 0.4) is 0 Å². The van der Waals surface area contributed by atoms with Gasteiger partial charge in [0, 0.05) is 17.2 Å². The van der Waals surface area contributed by atoms with Gasteiger partial charge in [-0.3, -0.25) is 9.59 Å². The highest BCUT2D eigenvalue weighted by Crippen LogP contribution is 2.17. The molecule has 0 saturated heterocycles. The number of aliphatic hydroxyl groups is 1. The smallest absolute Gasteiger partial charge is 0.252 e. The van der Waals surface area contributed by atoms with Crippen LogP contribution in [0.1, 0.15) is 33.2 Å². The van der Waals surface area contributed by atoms with Crippen LogP contribution >= 0.6 is 0 Å². The molecular formula is C17H15F2NO3. The number of hydrogen-bond donors (Lipinski definition) is 2. The molecule has 2 N–H and O–H groups in total. The summed E-state index contributed by atoms with van der Waals surface area (Å²) in [4.78, 5) is 24.7. The quantitative estimate of drug-likeness (QED) is 0.831. The van der Waals surface area contributed by atoms with Crippen molar-refractivity contribution in [2.75, 3.05) is 6.61 Å². The zero-order chi connectivity index (χ0) is 17.0. The molecular weight excluding hydrogens is 304 g/mol. The number of ketones is 1. The van der Waals surface area contributed by atoms with Crippen molar-refractivity contribution < 1.29 is 23.5 Å². The zero-order valence-electron chi connectivity index (χ0n) is 12.3. The molecule has 0 fully saturated rings. The van der Waals surface area contributed by atoms with E-state index in [1.807, 2.05) is 0 Å². The predicted octanol–water partition coefficient (Wildman–Crippen LogP) is 2.31. The van der Waals surface area contributed by atoms with Gasteiger partial charge in [0.1, 0.15) is 0 Å². The van der Waals surface area contributed by atoms with Gasteiger partial charge in [0.15, 0.2) is 17.4 Å². The number of carbonyl (C=O) groups is 2. The summed E-state index contributed by atoms with van der Waals surface area (Å²) in [6.45, 7) is 1.36. The molecule has 6 heteroatoms. The van der Waals surface area contributed by atoms with E-state index in [0.717, 1.165) is 18.2 Å². The largest absolute Gasteiger partial charge is 0.394 e. The van der Waals surface area contributed by atoms with E-state index in [1.54, 1.807) is 19.1 Å². The number of nitrogens with one attached hydrogen (secondary N) is 1. The van der Waals surface area contributed by atoms with Crippen molar-refractivity contribution in [3.8, 4) is 0 Å². The maximum absolute atomic E-state index is 13.3. The Hall–Kier alpha value is -2.60. The highest BCUT2D eigenvalue weighted by molar-refractivity contribution is 6.15. The summed E-state index contributed by atoms with van der Waals surface area (Å²) in [6, 6.07) is 8.37. The van der Waals surface area contributed by atoms with Crippen LogP contribution in [0.5, 0.6) is 0 Å². The monoisotopic (exact) mass is 319 g/mol. The van der Waals surface area contributed by atoms with Gasteiger partial charge in [-0.2, -0.15) is 0 Å². The van der Waals surface area contributed by atoms with Gasteiger partial charge in [0.2, 0.25) is 0 Å². The van der Waals surface area contributed by atoms with E-state index in [2.05, 4.69) is 5.32 Å². The second-order valence-electron chi connectivity index (χ2n) is 5.06. The van der Waals surface area contributed by atoms with Gasteiger partial charge in [0.05, 0.1) is 12.2 Å². The van der Waals surface area contributed by atoms with Crippen LogP contribution in [-0.4, -0.2) is 29.4 Å². The van der Waals surface area contributed by atoms with Crippen molar-refractivity contribution >= 4 is 11.7 Å². The molecule has 0 unspecified atom stereocenters. The van der Waals surface area contributed by atoms with E-state index in [-0.39, 0.29) is 23.3 Å². The number of hydrogen-bond acceptors (Lipinski definition) is 3. The van der Waals surface area contributed by atoms with Crippen LogP contribution in [0, 0.1) is 11.6 Å². The summed E-state index contributed by atoms with van der Waals surface area (Å²) >= 11 is 0. The molecule has 0 radical (unpaired) electrons. The Balaban J connectivity index is 2.37. The van der Waals surface area contributed by atoms with Gasteiger partial charge in [-0.1, -0.05) is 18.2 Å². The first-order chi connectivity index (χ1) is 10.9. The molecule has 2 rings (SSSR count). The van der Waals surface area contributed by atoms with E-state index in [0.29, 0.717) is 0 Å². The first kappa shape index (κ1) is 16.8. The second kappa shape index (κ2) is 7.11. The maximum atomic E-state index is 13.3. The maximum Gasteiger partial charge on any atom is 0.252 e. The van der Waals surface area contributed by atoms with Gasteiger partial charge >= 0.3 is 0 Å². The van der Waals surface area contributed by atoms with E-state index >= 15 is 0 Å². The minimum atomic E-state index is -1.13. The van der Waals surface area contributed by atoms with Crippen LogP contribution in [0.2, 0.25) is 0 Å². The summed E-state index contributed by atoms with van der Waals surface area (Å²) in [7, 11) is 0. The van der Waals surface area contributed by atoms with Crippen molar-refractivity contribution in [3.05, 3.63) is 70.8 Å². The predicted molar refractivity (Wildman–Crippen MR) is 80.2 cm³/mol. The summed E-state index contributed by atoms with van der Waals surface area (Å²) in [5.74, 6) is -3.31. The number of benzene rings is 2. The number of aliphatic hydroxyl groups excluding tert-OH is 1. The third-order valence-electron chi connectivity index (χ3n) is 3.25. The number of halogens is 2.